The zero-order valence-electron chi connectivity index (χ0n) is 31.3. The minimum Gasteiger partial charge on any atom is -0.505 e. The molecular formula is C42H48N8O3. The summed E-state index contributed by atoms with van der Waals surface area (Å²) >= 11 is 0. The Hall–Kier alpha value is -6.41. The zero-order valence-corrected chi connectivity index (χ0v) is 31.3. The number of carbonyl (C=O) groups is 1. The van der Waals surface area contributed by atoms with E-state index < -0.39 is 5.91 Å². The third kappa shape index (κ3) is 10.1. The van der Waals surface area contributed by atoms with Crippen LogP contribution in [0.15, 0.2) is 104 Å². The van der Waals surface area contributed by atoms with Crippen LogP contribution in [-0.2, 0) is 0 Å². The highest BCUT2D eigenvalue weighted by molar-refractivity contribution is 6.11. The van der Waals surface area contributed by atoms with Crippen LogP contribution in [0.4, 0.5) is 17.2 Å². The first-order chi connectivity index (χ1) is 25.3. The number of aromatic hydroxyl groups is 1. The van der Waals surface area contributed by atoms with Crippen LogP contribution in [-0.4, -0.2) is 30.8 Å². The molecule has 2 aromatic heterocycles. The highest BCUT2D eigenvalue weighted by Gasteiger charge is 2.23. The Morgan fingerprint density at radius 2 is 1.55 bits per heavy atom. The Kier molecular flexibility index (Phi) is 13.1. The molecular weight excluding hydrogens is 665 g/mol. The molecule has 1 amide bonds. The third-order valence-electron chi connectivity index (χ3n) is 8.27. The van der Waals surface area contributed by atoms with Crippen LogP contribution in [0.25, 0.3) is 16.7 Å². The maximum absolute atomic E-state index is 12.9. The maximum Gasteiger partial charge on any atom is 0.259 e. The number of fused-ring (bicyclic) bond motifs is 1. The number of nitrogens with two attached hydrogens (primary N) is 2. The van der Waals surface area contributed by atoms with E-state index >= 15 is 0 Å². The Morgan fingerprint density at radius 1 is 0.943 bits per heavy atom. The molecule has 0 aliphatic heterocycles. The van der Waals surface area contributed by atoms with E-state index in [0.717, 1.165) is 17.6 Å². The number of nitrogen functional groups attached to an aromatic ring is 2. The van der Waals surface area contributed by atoms with E-state index in [0.29, 0.717) is 40.2 Å². The van der Waals surface area contributed by atoms with Gasteiger partial charge in [0, 0.05) is 23.5 Å². The van der Waals surface area contributed by atoms with Crippen LogP contribution in [0, 0.1) is 22.7 Å². The molecule has 0 aliphatic carbocycles. The van der Waals surface area contributed by atoms with Crippen molar-refractivity contribution in [2.24, 2.45) is 11.3 Å². The minimum atomic E-state index is -0.436. The number of nitrogens with zero attached hydrogens (tertiary/aromatic N) is 5. The lowest BCUT2D eigenvalue weighted by atomic mass is 9.76. The van der Waals surface area contributed by atoms with Crippen LogP contribution in [0.3, 0.4) is 0 Å². The quantitative estimate of drug-likeness (QED) is 0.0883. The molecule has 0 fully saturated rings. The van der Waals surface area contributed by atoms with Crippen molar-refractivity contribution in [2.75, 3.05) is 16.8 Å². The van der Waals surface area contributed by atoms with Crippen molar-refractivity contribution in [3.05, 3.63) is 120 Å². The number of hydrogen-bond donors (Lipinski definition) is 4. The second-order valence-corrected chi connectivity index (χ2v) is 13.7. The van der Waals surface area contributed by atoms with E-state index in [1.807, 2.05) is 56.3 Å². The van der Waals surface area contributed by atoms with E-state index in [-0.39, 0.29) is 28.2 Å². The molecule has 53 heavy (non-hydrogen) atoms. The first-order valence-corrected chi connectivity index (χ1v) is 17.5. The summed E-state index contributed by atoms with van der Waals surface area (Å²) in [5.41, 5.74) is 14.5. The molecule has 274 valence electrons. The van der Waals surface area contributed by atoms with Gasteiger partial charge in [-0.15, -0.1) is 0 Å². The van der Waals surface area contributed by atoms with Gasteiger partial charge < -0.3 is 26.6 Å². The summed E-state index contributed by atoms with van der Waals surface area (Å²) in [4.78, 5) is 20.8. The van der Waals surface area contributed by atoms with Crippen LogP contribution >= 0.6 is 0 Å². The molecule has 0 spiro atoms. The number of rotatable bonds is 8. The van der Waals surface area contributed by atoms with E-state index in [2.05, 4.69) is 67.1 Å². The Morgan fingerprint density at radius 3 is 2.11 bits per heavy atom. The normalized spacial score (nSPS) is 11.4. The zero-order chi connectivity index (χ0) is 38.7. The second kappa shape index (κ2) is 17.7. The Labute approximate surface area is 311 Å². The SMILES string of the molecule is CC.CC(C)C(CC(C)(C)C)c1ccc(Oc2ccc(NC(=O)c3cc4ccccc4c(N)c3O)cc2)cc1.N#Cc1cnn(-c2ncccn2)c1N. The van der Waals surface area contributed by atoms with Crippen molar-refractivity contribution in [1.82, 2.24) is 19.7 Å². The van der Waals surface area contributed by atoms with Crippen LogP contribution < -0.4 is 21.5 Å². The molecule has 0 radical (unpaired) electrons. The fraction of sp³-hybridized carbons (Fsp3) is 0.262. The van der Waals surface area contributed by atoms with Gasteiger partial charge in [0.25, 0.3) is 11.9 Å². The fourth-order valence-corrected chi connectivity index (χ4v) is 5.66. The summed E-state index contributed by atoms with van der Waals surface area (Å²) in [5.74, 6) is 2.42. The van der Waals surface area contributed by atoms with Crippen molar-refractivity contribution < 1.29 is 14.6 Å². The van der Waals surface area contributed by atoms with E-state index in [1.54, 1.807) is 48.8 Å². The van der Waals surface area contributed by atoms with Gasteiger partial charge in [-0.25, -0.2) is 9.97 Å². The van der Waals surface area contributed by atoms with Gasteiger partial charge in [0.05, 0.1) is 17.4 Å². The topological polar surface area (TPSA) is 178 Å². The second-order valence-electron chi connectivity index (χ2n) is 13.7. The third-order valence-corrected chi connectivity index (χ3v) is 8.27. The molecule has 2 heterocycles. The summed E-state index contributed by atoms with van der Waals surface area (Å²) in [5, 5.41) is 27.4. The molecule has 1 unspecified atom stereocenters. The standard InChI is InChI=1S/C32H36N2O3.C8H6N6.C2H6/c1-20(2)28(19-32(3,4)5)21-10-14-24(15-11-21)37-25-16-12-23(13-17-25)34-31(36)27-18-22-8-6-7-9-26(22)29(33)30(27)35;9-4-6-5-13-14(7(6)10)8-11-2-1-3-12-8;1-2/h6-18,20,28,35H,19,33H2,1-5H3,(H,34,36);1-3,5H,10H2;1-2H3. The van der Waals surface area contributed by atoms with Crippen molar-refractivity contribution in [3.8, 4) is 29.3 Å². The summed E-state index contributed by atoms with van der Waals surface area (Å²) in [6.45, 7) is 15.4. The van der Waals surface area contributed by atoms with Crippen LogP contribution in [0.5, 0.6) is 17.2 Å². The summed E-state index contributed by atoms with van der Waals surface area (Å²) in [7, 11) is 0. The van der Waals surface area contributed by atoms with Gasteiger partial charge in [-0.05, 0) is 83.2 Å². The molecule has 6 rings (SSSR count). The lowest BCUT2D eigenvalue weighted by Crippen LogP contribution is -2.16. The predicted octanol–water partition coefficient (Wildman–Crippen LogP) is 9.49. The number of phenols is 1. The average Bonchev–Trinajstić information content (AvgIpc) is 3.54. The smallest absolute Gasteiger partial charge is 0.259 e. The number of carbonyl (C=O) groups excluding carboxylic acids is 1. The Bertz CT molecular complexity index is 2150. The fourth-order valence-electron chi connectivity index (χ4n) is 5.66. The number of benzene rings is 4. The predicted molar refractivity (Wildman–Crippen MR) is 212 cm³/mol. The van der Waals surface area contributed by atoms with Gasteiger partial charge in [-0.3, -0.25) is 4.79 Å². The van der Waals surface area contributed by atoms with Gasteiger partial charge in [0.1, 0.15) is 28.9 Å². The molecule has 0 saturated carbocycles. The molecule has 11 nitrogen and oxygen atoms in total. The van der Waals surface area contributed by atoms with Crippen molar-refractivity contribution >= 4 is 33.9 Å². The van der Waals surface area contributed by atoms with Gasteiger partial charge in [-0.1, -0.05) is 84.9 Å². The first-order valence-electron chi connectivity index (χ1n) is 17.5. The number of hydrogen-bond acceptors (Lipinski definition) is 9. The average molecular weight is 713 g/mol. The minimum absolute atomic E-state index is 0.128. The molecule has 0 bridgehead atoms. The van der Waals surface area contributed by atoms with E-state index in [9.17, 15) is 9.90 Å². The largest absolute Gasteiger partial charge is 0.505 e. The highest BCUT2D eigenvalue weighted by atomic mass is 16.5. The van der Waals surface area contributed by atoms with E-state index in [4.69, 9.17) is 21.5 Å². The molecule has 0 aliphatic rings. The van der Waals surface area contributed by atoms with Gasteiger partial charge in [0.2, 0.25) is 0 Å². The summed E-state index contributed by atoms with van der Waals surface area (Å²) in [6.07, 6.45) is 5.67. The van der Waals surface area contributed by atoms with Gasteiger partial charge in [-0.2, -0.15) is 15.0 Å². The van der Waals surface area contributed by atoms with Crippen LogP contribution in [0.2, 0.25) is 0 Å². The number of nitrogens with one attached hydrogen (secondary N) is 1. The first kappa shape index (κ1) is 39.4. The number of nitriles is 1. The molecule has 4 aromatic carbocycles. The number of ether oxygens (including phenoxy) is 1. The number of amides is 1. The lowest BCUT2D eigenvalue weighted by Gasteiger charge is -2.29. The molecule has 11 heteroatoms. The monoisotopic (exact) mass is 712 g/mol. The van der Waals surface area contributed by atoms with E-state index in [1.165, 1.54) is 16.4 Å². The van der Waals surface area contributed by atoms with Gasteiger partial charge >= 0.3 is 0 Å². The molecule has 1 atom stereocenters. The lowest BCUT2D eigenvalue weighted by molar-refractivity contribution is 0.102. The summed E-state index contributed by atoms with van der Waals surface area (Å²) in [6, 6.07) is 28.1. The molecule has 6 N–H and O–H groups in total. The molecule has 6 aromatic rings. The highest BCUT2D eigenvalue weighted by Crippen LogP contribution is 2.37. The number of phenolic OH excluding ortho intramolecular Hbond substituents is 1. The molecule has 0 saturated heterocycles. The Balaban J connectivity index is 0.000000325. The summed E-state index contributed by atoms with van der Waals surface area (Å²) < 4.78 is 7.35. The number of anilines is 3. The number of aromatic nitrogens is 4. The van der Waals surface area contributed by atoms with Crippen LogP contribution in [0.1, 0.15) is 82.3 Å². The maximum atomic E-state index is 12.9. The van der Waals surface area contributed by atoms with Crippen molar-refractivity contribution in [1.29, 1.82) is 5.26 Å². The van der Waals surface area contributed by atoms with Crippen molar-refractivity contribution in [3.63, 3.8) is 0 Å². The van der Waals surface area contributed by atoms with Crippen molar-refractivity contribution in [2.45, 2.75) is 60.8 Å². The van der Waals surface area contributed by atoms with Gasteiger partial charge in [0.15, 0.2) is 5.75 Å².